The number of nitrogens with one attached hydrogen (secondary N) is 1. The molecule has 186 valence electrons. The van der Waals surface area contributed by atoms with E-state index in [4.69, 9.17) is 11.6 Å². The molecule has 4 heteroatoms. The largest absolute Gasteiger partial charge is 0.506 e. The SMILES string of the molecule is CC(C1=Cc2ccc3ccccc3c2C1(C)C)=C1C(=O)C(/C(C)=C2/Nc3ccc(Cl)cc3C2(C)C)=C1O. The lowest BCUT2D eigenvalue weighted by atomic mass is 9.72. The molecule has 0 fully saturated rings. The first-order valence-electron chi connectivity index (χ1n) is 12.7. The van der Waals surface area contributed by atoms with Crippen LogP contribution in [0.4, 0.5) is 5.69 Å². The Balaban J connectivity index is 1.43. The third-order valence-electron chi connectivity index (χ3n) is 8.56. The highest BCUT2D eigenvalue weighted by molar-refractivity contribution is 6.30. The smallest absolute Gasteiger partial charge is 0.201 e. The minimum atomic E-state index is -0.370. The molecule has 6 rings (SSSR count). The summed E-state index contributed by atoms with van der Waals surface area (Å²) in [6, 6.07) is 18.5. The average molecular weight is 508 g/mol. The van der Waals surface area contributed by atoms with Crippen LogP contribution in [0.2, 0.25) is 5.02 Å². The molecule has 3 nitrogen and oxygen atoms in total. The zero-order valence-corrected chi connectivity index (χ0v) is 22.8. The second-order valence-corrected chi connectivity index (χ2v) is 11.9. The second kappa shape index (κ2) is 7.72. The average Bonchev–Trinajstić information content (AvgIpc) is 3.28. The molecule has 1 heterocycles. The zero-order valence-electron chi connectivity index (χ0n) is 22.0. The number of ketones is 1. The van der Waals surface area contributed by atoms with E-state index >= 15 is 0 Å². The van der Waals surface area contributed by atoms with Gasteiger partial charge in [-0.05, 0) is 76.2 Å². The van der Waals surface area contributed by atoms with Gasteiger partial charge in [0, 0.05) is 27.2 Å². The van der Waals surface area contributed by atoms with E-state index in [1.54, 1.807) is 0 Å². The molecule has 1 aliphatic heterocycles. The molecule has 0 bridgehead atoms. The summed E-state index contributed by atoms with van der Waals surface area (Å²) in [6.45, 7) is 12.5. The van der Waals surface area contributed by atoms with Crippen molar-refractivity contribution in [2.75, 3.05) is 5.32 Å². The molecule has 0 amide bonds. The fraction of sp³-hybridized carbons (Fsp3) is 0.242. The summed E-state index contributed by atoms with van der Waals surface area (Å²) in [6.07, 6.45) is 2.18. The maximum atomic E-state index is 13.6. The van der Waals surface area contributed by atoms with Gasteiger partial charge in [0.05, 0.1) is 11.1 Å². The minimum absolute atomic E-state index is 0.0802. The van der Waals surface area contributed by atoms with Crippen molar-refractivity contribution >= 4 is 39.9 Å². The van der Waals surface area contributed by atoms with Crippen molar-refractivity contribution in [2.24, 2.45) is 0 Å². The monoisotopic (exact) mass is 507 g/mol. The van der Waals surface area contributed by atoms with Gasteiger partial charge in [-0.25, -0.2) is 0 Å². The van der Waals surface area contributed by atoms with Gasteiger partial charge in [0.25, 0.3) is 0 Å². The topological polar surface area (TPSA) is 49.3 Å². The van der Waals surface area contributed by atoms with Crippen molar-refractivity contribution < 1.29 is 9.90 Å². The highest BCUT2D eigenvalue weighted by Crippen LogP contribution is 2.51. The Labute approximate surface area is 222 Å². The van der Waals surface area contributed by atoms with Gasteiger partial charge in [-0.3, -0.25) is 4.79 Å². The van der Waals surface area contributed by atoms with Crippen LogP contribution in [-0.4, -0.2) is 10.9 Å². The van der Waals surface area contributed by atoms with Crippen molar-refractivity contribution in [1.29, 1.82) is 0 Å². The summed E-state index contributed by atoms with van der Waals surface area (Å²) in [4.78, 5) is 13.6. The summed E-state index contributed by atoms with van der Waals surface area (Å²) < 4.78 is 0. The maximum absolute atomic E-state index is 13.6. The van der Waals surface area contributed by atoms with E-state index in [1.807, 2.05) is 32.0 Å². The van der Waals surface area contributed by atoms with Crippen LogP contribution in [0, 0.1) is 0 Å². The third-order valence-corrected chi connectivity index (χ3v) is 8.79. The number of hydrogen-bond acceptors (Lipinski definition) is 3. The van der Waals surface area contributed by atoms with Gasteiger partial charge in [0.2, 0.25) is 5.78 Å². The van der Waals surface area contributed by atoms with Gasteiger partial charge in [0.1, 0.15) is 5.76 Å². The first-order chi connectivity index (χ1) is 17.4. The molecular weight excluding hydrogens is 478 g/mol. The van der Waals surface area contributed by atoms with Crippen LogP contribution in [0.15, 0.2) is 93.9 Å². The number of halogens is 1. The quantitative estimate of drug-likeness (QED) is 0.341. The van der Waals surface area contributed by atoms with Crippen LogP contribution in [0.25, 0.3) is 16.8 Å². The summed E-state index contributed by atoms with van der Waals surface area (Å²) in [5.74, 6) is -0.0271. The molecule has 0 unspecified atom stereocenters. The highest BCUT2D eigenvalue weighted by Gasteiger charge is 2.44. The Morgan fingerprint density at radius 2 is 1.65 bits per heavy atom. The standard InChI is InChI=1S/C33H30ClNO2/c1-17(23-15-20-12-11-19-9-7-8-10-22(19)28(20)32(23,3)4)26-29(36)27(30(26)37)18(2)31-33(5,6)24-16-21(34)13-14-25(24)35-31/h7-16,35-36H,1-6H3/b26-17?,31-18+. The van der Waals surface area contributed by atoms with Crippen LogP contribution < -0.4 is 5.32 Å². The fourth-order valence-electron chi connectivity index (χ4n) is 6.64. The van der Waals surface area contributed by atoms with Crippen molar-refractivity contribution in [1.82, 2.24) is 0 Å². The third kappa shape index (κ3) is 3.17. The molecule has 0 radical (unpaired) electrons. The van der Waals surface area contributed by atoms with Gasteiger partial charge in [-0.2, -0.15) is 0 Å². The Morgan fingerprint density at radius 1 is 0.919 bits per heavy atom. The molecule has 0 saturated carbocycles. The van der Waals surface area contributed by atoms with E-state index in [9.17, 15) is 9.90 Å². The zero-order chi connectivity index (χ0) is 26.4. The number of aliphatic hydroxyl groups excluding tert-OH is 1. The number of aliphatic hydroxyl groups is 1. The number of anilines is 1. The van der Waals surface area contributed by atoms with Crippen molar-refractivity contribution in [3.05, 3.63) is 116 Å². The number of carbonyl (C=O) groups excluding carboxylic acids is 1. The van der Waals surface area contributed by atoms with Gasteiger partial charge >= 0.3 is 0 Å². The number of benzene rings is 3. The number of carbonyl (C=O) groups is 1. The Bertz CT molecular complexity index is 1690. The number of Topliss-reactive ketones (excluding diaryl/α,β-unsaturated/α-hetero) is 1. The summed E-state index contributed by atoms with van der Waals surface area (Å²) in [7, 11) is 0. The van der Waals surface area contributed by atoms with Crippen LogP contribution >= 0.6 is 11.6 Å². The second-order valence-electron chi connectivity index (χ2n) is 11.4. The molecule has 3 aromatic carbocycles. The molecule has 0 atom stereocenters. The molecule has 0 aromatic heterocycles. The van der Waals surface area contributed by atoms with Gasteiger partial charge in [-0.1, -0.05) is 81.8 Å². The first-order valence-corrected chi connectivity index (χ1v) is 13.0. The molecule has 37 heavy (non-hydrogen) atoms. The molecule has 0 saturated heterocycles. The lowest BCUT2D eigenvalue weighted by molar-refractivity contribution is -0.113. The van der Waals surface area contributed by atoms with Crippen molar-refractivity contribution in [2.45, 2.75) is 52.4 Å². The fourth-order valence-corrected chi connectivity index (χ4v) is 6.81. The van der Waals surface area contributed by atoms with Crippen LogP contribution in [0.1, 0.15) is 58.2 Å². The normalized spacial score (nSPS) is 21.8. The van der Waals surface area contributed by atoms with E-state index < -0.39 is 0 Å². The van der Waals surface area contributed by atoms with Crippen LogP contribution in [0.5, 0.6) is 0 Å². The Hall–Kier alpha value is -3.56. The lowest BCUT2D eigenvalue weighted by Crippen LogP contribution is -2.29. The molecule has 2 N–H and O–H groups in total. The molecule has 0 spiro atoms. The van der Waals surface area contributed by atoms with E-state index in [2.05, 4.69) is 75.5 Å². The molecular formula is C33H30ClNO2. The van der Waals surface area contributed by atoms with Crippen molar-refractivity contribution in [3.63, 3.8) is 0 Å². The van der Waals surface area contributed by atoms with E-state index in [0.717, 1.165) is 33.7 Å². The van der Waals surface area contributed by atoms with E-state index in [-0.39, 0.29) is 22.4 Å². The van der Waals surface area contributed by atoms with Gasteiger partial charge in [0.15, 0.2) is 0 Å². The predicted molar refractivity (Wildman–Crippen MR) is 153 cm³/mol. The van der Waals surface area contributed by atoms with Gasteiger partial charge < -0.3 is 10.4 Å². The van der Waals surface area contributed by atoms with Crippen molar-refractivity contribution in [3.8, 4) is 0 Å². The van der Waals surface area contributed by atoms with Crippen LogP contribution in [0.3, 0.4) is 0 Å². The highest BCUT2D eigenvalue weighted by atomic mass is 35.5. The number of allylic oxidation sites excluding steroid dienone is 6. The van der Waals surface area contributed by atoms with Gasteiger partial charge in [-0.15, -0.1) is 0 Å². The van der Waals surface area contributed by atoms with E-state index in [1.165, 1.54) is 21.9 Å². The Morgan fingerprint density at radius 3 is 2.38 bits per heavy atom. The first kappa shape index (κ1) is 23.8. The summed E-state index contributed by atoms with van der Waals surface area (Å²) in [5, 5.41) is 17.9. The molecule has 2 aliphatic carbocycles. The molecule has 3 aromatic rings. The number of fused-ring (bicyclic) bond motifs is 4. The molecule has 3 aliphatic rings. The minimum Gasteiger partial charge on any atom is -0.506 e. The van der Waals surface area contributed by atoms with E-state index in [0.29, 0.717) is 16.2 Å². The maximum Gasteiger partial charge on any atom is 0.201 e. The number of rotatable bonds is 2. The van der Waals surface area contributed by atoms with Crippen LogP contribution in [-0.2, 0) is 15.6 Å². The summed E-state index contributed by atoms with van der Waals surface area (Å²) >= 11 is 6.27. The predicted octanol–water partition coefficient (Wildman–Crippen LogP) is 8.56. The Kier molecular flexibility index (Phi) is 4.97. The number of hydrogen-bond donors (Lipinski definition) is 2. The lowest BCUT2D eigenvalue weighted by Gasteiger charge is -2.31. The summed E-state index contributed by atoms with van der Waals surface area (Å²) in [5.41, 5.74) is 8.22.